The van der Waals surface area contributed by atoms with Gasteiger partial charge in [-0.3, -0.25) is 4.98 Å². The molecule has 5 heteroatoms. The molecule has 0 unspecified atom stereocenters. The van der Waals surface area contributed by atoms with Crippen LogP contribution >= 0.6 is 0 Å². The molecule has 0 saturated heterocycles. The number of nitrogens with one attached hydrogen (secondary N) is 1. The Kier molecular flexibility index (Phi) is 2.07. The Bertz CT molecular complexity index is 569. The molecule has 16 heavy (non-hydrogen) atoms. The van der Waals surface area contributed by atoms with Gasteiger partial charge in [0.05, 0.1) is 6.20 Å². The van der Waals surface area contributed by atoms with Gasteiger partial charge in [0.1, 0.15) is 17.7 Å². The van der Waals surface area contributed by atoms with E-state index in [4.69, 9.17) is 0 Å². The van der Waals surface area contributed by atoms with Crippen molar-refractivity contribution in [1.82, 2.24) is 24.9 Å². The first-order valence-corrected chi connectivity index (χ1v) is 4.95. The predicted molar refractivity (Wildman–Crippen MR) is 58.7 cm³/mol. The molecule has 5 nitrogen and oxygen atoms in total. The molecule has 0 radical (unpaired) electrons. The molecule has 0 saturated carbocycles. The Labute approximate surface area is 91.6 Å². The van der Waals surface area contributed by atoms with Gasteiger partial charge in [0.25, 0.3) is 0 Å². The maximum atomic E-state index is 4.37. The Balaban J connectivity index is 1.95. The van der Waals surface area contributed by atoms with Crippen molar-refractivity contribution in [2.24, 2.45) is 0 Å². The second-order valence-electron chi connectivity index (χ2n) is 3.48. The Morgan fingerprint density at radius 2 is 2.19 bits per heavy atom. The van der Waals surface area contributed by atoms with Crippen LogP contribution in [0, 0.1) is 0 Å². The maximum absolute atomic E-state index is 4.37. The van der Waals surface area contributed by atoms with Gasteiger partial charge in [-0.05, 0) is 11.6 Å². The molecule has 3 aromatic rings. The lowest BCUT2D eigenvalue weighted by atomic mass is 10.2. The number of nitrogens with zero attached hydrogens (tertiary/aromatic N) is 4. The highest BCUT2D eigenvalue weighted by atomic mass is 15.0. The summed E-state index contributed by atoms with van der Waals surface area (Å²) < 4.78 is 0. The number of hydrogen-bond acceptors (Lipinski definition) is 4. The van der Waals surface area contributed by atoms with Gasteiger partial charge in [0, 0.05) is 18.8 Å². The van der Waals surface area contributed by atoms with Crippen LogP contribution in [0.15, 0.2) is 37.1 Å². The van der Waals surface area contributed by atoms with Crippen LogP contribution in [0.25, 0.3) is 11.2 Å². The Morgan fingerprint density at radius 3 is 3.00 bits per heavy atom. The highest BCUT2D eigenvalue weighted by Crippen LogP contribution is 2.09. The molecular formula is C11H9N5. The zero-order valence-electron chi connectivity index (χ0n) is 8.46. The molecule has 1 N–H and O–H groups in total. The molecule has 0 fully saturated rings. The van der Waals surface area contributed by atoms with E-state index >= 15 is 0 Å². The molecule has 0 atom stereocenters. The van der Waals surface area contributed by atoms with Crippen LogP contribution in [0.4, 0.5) is 0 Å². The molecule has 78 valence electrons. The van der Waals surface area contributed by atoms with Crippen molar-refractivity contribution in [2.75, 3.05) is 0 Å². The summed E-state index contributed by atoms with van der Waals surface area (Å²) in [6, 6.07) is 3.93. The van der Waals surface area contributed by atoms with Crippen molar-refractivity contribution in [3.63, 3.8) is 0 Å². The molecular weight excluding hydrogens is 202 g/mol. The lowest BCUT2D eigenvalue weighted by molar-refractivity contribution is 1.02. The summed E-state index contributed by atoms with van der Waals surface area (Å²) in [5, 5.41) is 0. The molecule has 0 bridgehead atoms. The number of imidazole rings is 1. The molecule has 3 aromatic heterocycles. The van der Waals surface area contributed by atoms with E-state index in [1.54, 1.807) is 12.4 Å². The number of hydrogen-bond donors (Lipinski definition) is 1. The van der Waals surface area contributed by atoms with Gasteiger partial charge < -0.3 is 4.98 Å². The van der Waals surface area contributed by atoms with E-state index in [1.807, 2.05) is 18.3 Å². The van der Waals surface area contributed by atoms with Crippen molar-refractivity contribution in [3.8, 4) is 0 Å². The monoisotopic (exact) mass is 211 g/mol. The van der Waals surface area contributed by atoms with Crippen LogP contribution in [0.2, 0.25) is 0 Å². The molecule has 3 heterocycles. The number of fused-ring (bicyclic) bond motifs is 1. The lowest BCUT2D eigenvalue weighted by Crippen LogP contribution is -1.90. The number of pyridine rings is 1. The molecule has 0 aliphatic heterocycles. The van der Waals surface area contributed by atoms with Crippen molar-refractivity contribution in [3.05, 3.63) is 48.4 Å². The summed E-state index contributed by atoms with van der Waals surface area (Å²) in [4.78, 5) is 19.6. The first-order chi connectivity index (χ1) is 7.92. The third kappa shape index (κ3) is 1.63. The average Bonchev–Trinajstić information content (AvgIpc) is 2.72. The van der Waals surface area contributed by atoms with Crippen molar-refractivity contribution < 1.29 is 0 Å². The fourth-order valence-corrected chi connectivity index (χ4v) is 1.59. The van der Waals surface area contributed by atoms with Crippen LogP contribution < -0.4 is 0 Å². The van der Waals surface area contributed by atoms with Gasteiger partial charge in [-0.25, -0.2) is 15.0 Å². The van der Waals surface area contributed by atoms with E-state index in [1.165, 1.54) is 6.33 Å². The van der Waals surface area contributed by atoms with Crippen molar-refractivity contribution in [2.45, 2.75) is 6.42 Å². The van der Waals surface area contributed by atoms with E-state index in [0.717, 1.165) is 23.3 Å². The maximum Gasteiger partial charge on any atom is 0.180 e. The molecule has 0 aromatic carbocycles. The SMILES string of the molecule is c1cncc(Cc2nc3ncncc3[nH]2)c1. The van der Waals surface area contributed by atoms with Crippen LogP contribution in [0.1, 0.15) is 11.4 Å². The van der Waals surface area contributed by atoms with Crippen molar-refractivity contribution in [1.29, 1.82) is 0 Å². The summed E-state index contributed by atoms with van der Waals surface area (Å²) in [5.74, 6) is 0.878. The summed E-state index contributed by atoms with van der Waals surface area (Å²) >= 11 is 0. The number of aromatic nitrogens is 5. The van der Waals surface area contributed by atoms with Gasteiger partial charge in [-0.1, -0.05) is 6.07 Å². The Hall–Kier alpha value is -2.30. The number of H-pyrrole nitrogens is 1. The highest BCUT2D eigenvalue weighted by molar-refractivity contribution is 5.68. The lowest BCUT2D eigenvalue weighted by Gasteiger charge is -1.95. The molecule has 3 rings (SSSR count). The molecule has 0 spiro atoms. The molecule has 0 amide bonds. The second kappa shape index (κ2) is 3.69. The van der Waals surface area contributed by atoms with E-state index < -0.39 is 0 Å². The smallest absolute Gasteiger partial charge is 0.180 e. The van der Waals surface area contributed by atoms with Crippen LogP contribution in [0.5, 0.6) is 0 Å². The summed E-state index contributed by atoms with van der Waals surface area (Å²) in [7, 11) is 0. The fraction of sp³-hybridized carbons (Fsp3) is 0.0909. The van der Waals surface area contributed by atoms with Gasteiger partial charge in [0.15, 0.2) is 5.65 Å². The Morgan fingerprint density at radius 1 is 1.19 bits per heavy atom. The summed E-state index contributed by atoms with van der Waals surface area (Å²) in [6.07, 6.45) is 7.54. The van der Waals surface area contributed by atoms with Crippen LogP contribution in [-0.2, 0) is 6.42 Å². The topological polar surface area (TPSA) is 67.3 Å². The summed E-state index contributed by atoms with van der Waals surface area (Å²) in [5.41, 5.74) is 2.68. The first-order valence-electron chi connectivity index (χ1n) is 4.95. The minimum absolute atomic E-state index is 0.703. The largest absolute Gasteiger partial charge is 0.339 e. The minimum Gasteiger partial charge on any atom is -0.339 e. The molecule has 0 aliphatic rings. The predicted octanol–water partition coefficient (Wildman–Crippen LogP) is 1.34. The third-order valence-electron chi connectivity index (χ3n) is 2.31. The standard InChI is InChI=1S/C11H9N5/c1-2-8(5-12-3-1)4-10-15-9-6-13-7-14-11(9)16-10/h1-3,5-7H,4H2,(H,13,14,15,16). The molecule has 0 aliphatic carbocycles. The normalized spacial score (nSPS) is 10.8. The van der Waals surface area contributed by atoms with Gasteiger partial charge in [-0.2, -0.15) is 0 Å². The number of aromatic amines is 1. The van der Waals surface area contributed by atoms with E-state index in [0.29, 0.717) is 5.65 Å². The summed E-state index contributed by atoms with van der Waals surface area (Å²) in [6.45, 7) is 0. The minimum atomic E-state index is 0.703. The number of rotatable bonds is 2. The van der Waals surface area contributed by atoms with Gasteiger partial charge >= 0.3 is 0 Å². The van der Waals surface area contributed by atoms with E-state index in [9.17, 15) is 0 Å². The highest BCUT2D eigenvalue weighted by Gasteiger charge is 2.03. The van der Waals surface area contributed by atoms with Crippen molar-refractivity contribution >= 4 is 11.2 Å². The average molecular weight is 211 g/mol. The third-order valence-corrected chi connectivity index (χ3v) is 2.31. The second-order valence-corrected chi connectivity index (χ2v) is 3.48. The van der Waals surface area contributed by atoms with E-state index in [-0.39, 0.29) is 0 Å². The zero-order valence-corrected chi connectivity index (χ0v) is 8.46. The fourth-order valence-electron chi connectivity index (χ4n) is 1.59. The van der Waals surface area contributed by atoms with Gasteiger partial charge in [0.2, 0.25) is 0 Å². The first kappa shape index (κ1) is 8.96. The zero-order chi connectivity index (χ0) is 10.8. The van der Waals surface area contributed by atoms with Crippen LogP contribution in [-0.4, -0.2) is 24.9 Å². The van der Waals surface area contributed by atoms with Crippen LogP contribution in [0.3, 0.4) is 0 Å². The van der Waals surface area contributed by atoms with Gasteiger partial charge in [-0.15, -0.1) is 0 Å². The quantitative estimate of drug-likeness (QED) is 0.694. The van der Waals surface area contributed by atoms with E-state index in [2.05, 4.69) is 24.9 Å².